The van der Waals surface area contributed by atoms with Crippen molar-refractivity contribution in [1.29, 1.82) is 0 Å². The van der Waals surface area contributed by atoms with E-state index in [1.807, 2.05) is 0 Å². The Morgan fingerprint density at radius 1 is 0.880 bits per heavy atom. The highest BCUT2D eigenvalue weighted by molar-refractivity contribution is 6.83. The van der Waals surface area contributed by atoms with E-state index in [1.54, 1.807) is 0 Å². The highest BCUT2D eigenvalue weighted by Gasteiger charge is 2.61. The van der Waals surface area contributed by atoms with Crippen molar-refractivity contribution in [3.63, 3.8) is 0 Å². The molecule has 2 fully saturated rings. The Hall–Kier alpha value is 0.299. The van der Waals surface area contributed by atoms with Crippen LogP contribution in [0.3, 0.4) is 0 Å². The Morgan fingerprint density at radius 3 is 1.80 bits per heavy atom. The number of fused-ring (bicyclic) bond motifs is 1. The first-order chi connectivity index (χ1) is 11.5. The van der Waals surface area contributed by atoms with Gasteiger partial charge in [-0.1, -0.05) is 55.4 Å². The molecule has 8 heteroatoms. The molecule has 0 aromatic heterocycles. The lowest BCUT2D eigenvalue weighted by molar-refractivity contribution is -0.0318. The van der Waals surface area contributed by atoms with Gasteiger partial charge in [0.1, 0.15) is 20.1 Å². The van der Waals surface area contributed by atoms with Crippen LogP contribution in [0.15, 0.2) is 0 Å². The summed E-state index contributed by atoms with van der Waals surface area (Å²) in [7, 11) is 0.699. The third-order valence-electron chi connectivity index (χ3n) is 5.70. The maximum atomic E-state index is 10.5. The van der Waals surface area contributed by atoms with Crippen LogP contribution in [0.5, 0.6) is 0 Å². The second-order valence-corrected chi connectivity index (χ2v) is 17.5. The number of hydrogen-bond acceptors (Lipinski definition) is 5. The first-order valence-electron chi connectivity index (χ1n) is 9.59. The van der Waals surface area contributed by atoms with E-state index in [1.165, 1.54) is 0 Å². The van der Waals surface area contributed by atoms with Crippen molar-refractivity contribution in [1.82, 2.24) is 0 Å². The van der Waals surface area contributed by atoms with Gasteiger partial charge in [0.2, 0.25) is 0 Å². The highest BCUT2D eigenvalue weighted by Crippen LogP contribution is 2.47. The summed E-state index contributed by atoms with van der Waals surface area (Å²) in [5.41, 5.74) is 1.03. The molecular weight excluding hydrogens is 351 g/mol. The predicted octanol–water partition coefficient (Wildman–Crippen LogP) is 3.20. The van der Waals surface area contributed by atoms with E-state index in [0.29, 0.717) is 6.61 Å². The molecular formula is C17H35BO5Si2. The Kier molecular flexibility index (Phi) is 6.68. The standard InChI is InChI=1S/C17H35BO5Si2/c1-10(2)24(11(3)4)20-9-14-16(15(19)17(18)21-14)22-25(23-24,12(5)6)13(7)8/h10-17,19H,9H2,1-8H3/t14-,15?,16-,17+/m0/s1. The first-order valence-corrected chi connectivity index (χ1v) is 13.5. The maximum Gasteiger partial charge on any atom is 0.335 e. The molecule has 2 radical (unpaired) electrons. The van der Waals surface area contributed by atoms with Gasteiger partial charge in [0.15, 0.2) is 0 Å². The molecule has 2 rings (SSSR count). The molecule has 144 valence electrons. The lowest BCUT2D eigenvalue weighted by atomic mass is 9.93. The van der Waals surface area contributed by atoms with Gasteiger partial charge >= 0.3 is 17.1 Å². The summed E-state index contributed by atoms with van der Waals surface area (Å²) in [5, 5.41) is 10.5. The van der Waals surface area contributed by atoms with Gasteiger partial charge in [-0.3, -0.25) is 0 Å². The van der Waals surface area contributed by atoms with E-state index >= 15 is 0 Å². The summed E-state index contributed by atoms with van der Waals surface area (Å²) in [5.74, 6) is 0. The normalized spacial score (nSPS) is 35.2. The summed E-state index contributed by atoms with van der Waals surface area (Å²) in [4.78, 5) is 0. The molecule has 25 heavy (non-hydrogen) atoms. The van der Waals surface area contributed by atoms with Crippen LogP contribution < -0.4 is 0 Å². The third-order valence-corrected chi connectivity index (χ3v) is 16.0. The van der Waals surface area contributed by atoms with Crippen LogP contribution in [0.2, 0.25) is 22.2 Å². The van der Waals surface area contributed by atoms with Crippen molar-refractivity contribution in [2.24, 2.45) is 0 Å². The maximum absolute atomic E-state index is 10.5. The molecule has 2 saturated heterocycles. The van der Waals surface area contributed by atoms with Gasteiger partial charge in [0.25, 0.3) is 0 Å². The van der Waals surface area contributed by atoms with Gasteiger partial charge < -0.3 is 22.8 Å². The van der Waals surface area contributed by atoms with E-state index in [0.717, 1.165) is 0 Å². The highest BCUT2D eigenvalue weighted by atomic mass is 28.5. The molecule has 0 bridgehead atoms. The van der Waals surface area contributed by atoms with Gasteiger partial charge in [-0.05, 0) is 22.2 Å². The SMILES string of the molecule is [B][C@@H]1O[C@H]2CO[Si](C(C)C)(C(C)C)O[Si](C(C)C)(C(C)C)O[C@@H]2C1O. The summed E-state index contributed by atoms with van der Waals surface area (Å²) < 4.78 is 26.0. The zero-order valence-corrected chi connectivity index (χ0v) is 19.0. The monoisotopic (exact) mass is 386 g/mol. The Morgan fingerprint density at radius 2 is 1.36 bits per heavy atom. The summed E-state index contributed by atoms with van der Waals surface area (Å²) in [6, 6.07) is -0.739. The van der Waals surface area contributed by atoms with Crippen LogP contribution in [0.4, 0.5) is 0 Å². The smallest absolute Gasteiger partial charge is 0.335 e. The zero-order valence-electron chi connectivity index (χ0n) is 17.0. The molecule has 1 unspecified atom stereocenters. The van der Waals surface area contributed by atoms with E-state index in [9.17, 15) is 5.11 Å². The number of aliphatic hydroxyl groups excluding tert-OH is 1. The lowest BCUT2D eigenvalue weighted by Gasteiger charge is -2.51. The lowest BCUT2D eigenvalue weighted by Crippen LogP contribution is -2.65. The number of rotatable bonds is 4. The van der Waals surface area contributed by atoms with Crippen molar-refractivity contribution < 1.29 is 22.8 Å². The minimum Gasteiger partial charge on any atom is -0.414 e. The minimum atomic E-state index is -2.70. The quantitative estimate of drug-likeness (QED) is 0.752. The fraction of sp³-hybridized carbons (Fsp3) is 1.00. The molecule has 0 aromatic rings. The Balaban J connectivity index is 2.53. The second kappa shape index (κ2) is 7.73. The van der Waals surface area contributed by atoms with Gasteiger partial charge in [-0.2, -0.15) is 0 Å². The molecule has 1 N–H and O–H groups in total. The van der Waals surface area contributed by atoms with Gasteiger partial charge in [0, 0.05) is 6.00 Å². The van der Waals surface area contributed by atoms with E-state index < -0.39 is 35.3 Å². The number of ether oxygens (including phenoxy) is 1. The van der Waals surface area contributed by atoms with Crippen LogP contribution in [0.1, 0.15) is 55.4 Å². The average molecular weight is 386 g/mol. The third kappa shape index (κ3) is 3.68. The van der Waals surface area contributed by atoms with Gasteiger partial charge in [-0.15, -0.1) is 0 Å². The van der Waals surface area contributed by atoms with Crippen molar-refractivity contribution >= 4 is 25.0 Å². The van der Waals surface area contributed by atoms with E-state index in [-0.39, 0.29) is 28.3 Å². The molecule has 0 amide bonds. The van der Waals surface area contributed by atoms with Crippen LogP contribution in [0, 0.1) is 0 Å². The molecule has 0 spiro atoms. The summed E-state index contributed by atoms with van der Waals surface area (Å²) in [6.45, 7) is 17.7. The van der Waals surface area contributed by atoms with Crippen LogP contribution >= 0.6 is 0 Å². The van der Waals surface area contributed by atoms with Gasteiger partial charge in [-0.25, -0.2) is 0 Å². The summed E-state index contributed by atoms with van der Waals surface area (Å²) >= 11 is 0. The first kappa shape index (κ1) is 21.6. The molecule has 0 aromatic carbocycles. The topological polar surface area (TPSA) is 57.2 Å². The minimum absolute atomic E-state index is 0.225. The van der Waals surface area contributed by atoms with E-state index in [2.05, 4.69) is 55.4 Å². The van der Waals surface area contributed by atoms with Crippen LogP contribution in [0.25, 0.3) is 0 Å². The predicted molar refractivity (Wildman–Crippen MR) is 104 cm³/mol. The largest absolute Gasteiger partial charge is 0.414 e. The molecule has 2 heterocycles. The zero-order chi connectivity index (χ0) is 19.2. The fourth-order valence-corrected chi connectivity index (χ4v) is 15.4. The molecule has 0 saturated carbocycles. The average Bonchev–Trinajstić information content (AvgIpc) is 2.73. The van der Waals surface area contributed by atoms with Crippen molar-refractivity contribution in [2.45, 2.75) is 102 Å². The van der Waals surface area contributed by atoms with Crippen LogP contribution in [-0.4, -0.2) is 61.0 Å². The second-order valence-electron chi connectivity index (χ2n) is 8.69. The van der Waals surface area contributed by atoms with Crippen molar-refractivity contribution in [2.75, 3.05) is 6.61 Å². The van der Waals surface area contributed by atoms with E-state index in [4.69, 9.17) is 25.6 Å². The molecule has 2 aliphatic rings. The number of hydrogen-bond donors (Lipinski definition) is 1. The van der Waals surface area contributed by atoms with Gasteiger partial charge in [0.05, 0.1) is 12.7 Å². The molecule has 2 aliphatic heterocycles. The Bertz CT molecular complexity index is 444. The van der Waals surface area contributed by atoms with Crippen molar-refractivity contribution in [3.05, 3.63) is 0 Å². The fourth-order valence-electron chi connectivity index (χ4n) is 4.18. The van der Waals surface area contributed by atoms with Crippen LogP contribution in [-0.2, 0) is 17.7 Å². The summed E-state index contributed by atoms with van der Waals surface area (Å²) in [6.07, 6.45) is -1.69. The molecule has 4 atom stereocenters. The van der Waals surface area contributed by atoms with Crippen molar-refractivity contribution in [3.8, 4) is 0 Å². The number of aliphatic hydroxyl groups is 1. The molecule has 0 aliphatic carbocycles. The molecule has 5 nitrogen and oxygen atoms in total. The Labute approximate surface area is 156 Å².